The molecule has 13 heavy (non-hydrogen) atoms. The number of carbonyl (C=O) groups excluding carboxylic acids is 1. The van der Waals surface area contributed by atoms with Gasteiger partial charge in [0.25, 0.3) is 0 Å². The first-order valence-corrected chi connectivity index (χ1v) is 4.03. The van der Waals surface area contributed by atoms with Crippen molar-refractivity contribution in [3.8, 4) is 0 Å². The standard InChI is InChI=1S/C9H13N3O/c1-4-9(13)10-5-8-6-12(3)11-7(8)2/h4,6H,1,5H2,2-3H3,(H,10,13). The molecule has 0 unspecified atom stereocenters. The summed E-state index contributed by atoms with van der Waals surface area (Å²) in [5.74, 6) is -0.164. The molecule has 0 aliphatic carbocycles. The van der Waals surface area contributed by atoms with Crippen LogP contribution in [0.1, 0.15) is 11.3 Å². The summed E-state index contributed by atoms with van der Waals surface area (Å²) in [5, 5.41) is 6.85. The predicted octanol–water partition coefficient (Wildman–Crippen LogP) is 0.531. The lowest BCUT2D eigenvalue weighted by Crippen LogP contribution is -2.20. The molecule has 1 heterocycles. The Hall–Kier alpha value is -1.58. The molecule has 0 fully saturated rings. The van der Waals surface area contributed by atoms with Gasteiger partial charge in [-0.2, -0.15) is 5.10 Å². The van der Waals surface area contributed by atoms with E-state index >= 15 is 0 Å². The number of carbonyl (C=O) groups is 1. The van der Waals surface area contributed by atoms with Crippen LogP contribution in [0.5, 0.6) is 0 Å². The quantitative estimate of drug-likeness (QED) is 0.688. The first kappa shape index (κ1) is 9.51. The number of hydrogen-bond acceptors (Lipinski definition) is 2. The Labute approximate surface area is 77.3 Å². The van der Waals surface area contributed by atoms with Crippen LogP contribution in [0, 0.1) is 6.92 Å². The molecule has 0 spiro atoms. The fourth-order valence-corrected chi connectivity index (χ4v) is 1.08. The summed E-state index contributed by atoms with van der Waals surface area (Å²) < 4.78 is 1.73. The van der Waals surface area contributed by atoms with Gasteiger partial charge < -0.3 is 5.32 Å². The van der Waals surface area contributed by atoms with Crippen molar-refractivity contribution in [3.05, 3.63) is 30.1 Å². The molecule has 0 bridgehead atoms. The molecule has 1 aromatic rings. The van der Waals surface area contributed by atoms with Gasteiger partial charge in [-0.05, 0) is 13.0 Å². The van der Waals surface area contributed by atoms with Crippen LogP contribution in [0.15, 0.2) is 18.9 Å². The largest absolute Gasteiger partial charge is 0.348 e. The minimum absolute atomic E-state index is 0.164. The van der Waals surface area contributed by atoms with Gasteiger partial charge in [-0.15, -0.1) is 0 Å². The van der Waals surface area contributed by atoms with E-state index < -0.39 is 0 Å². The van der Waals surface area contributed by atoms with Crippen molar-refractivity contribution < 1.29 is 4.79 Å². The van der Waals surface area contributed by atoms with Crippen LogP contribution in [0.2, 0.25) is 0 Å². The van der Waals surface area contributed by atoms with Crippen LogP contribution >= 0.6 is 0 Å². The number of rotatable bonds is 3. The van der Waals surface area contributed by atoms with Gasteiger partial charge in [-0.3, -0.25) is 9.48 Å². The number of aromatic nitrogens is 2. The lowest BCUT2D eigenvalue weighted by atomic mass is 10.2. The van der Waals surface area contributed by atoms with E-state index in [1.165, 1.54) is 6.08 Å². The number of nitrogens with zero attached hydrogens (tertiary/aromatic N) is 2. The lowest BCUT2D eigenvalue weighted by molar-refractivity contribution is -0.116. The molecule has 0 saturated carbocycles. The lowest BCUT2D eigenvalue weighted by Gasteiger charge is -1.98. The highest BCUT2D eigenvalue weighted by Gasteiger charge is 2.02. The van der Waals surface area contributed by atoms with E-state index in [1.54, 1.807) is 4.68 Å². The van der Waals surface area contributed by atoms with Gasteiger partial charge in [0.2, 0.25) is 5.91 Å². The van der Waals surface area contributed by atoms with E-state index in [1.807, 2.05) is 20.2 Å². The number of nitrogens with one attached hydrogen (secondary N) is 1. The van der Waals surface area contributed by atoms with Gasteiger partial charge in [0.15, 0.2) is 0 Å². The highest BCUT2D eigenvalue weighted by molar-refractivity contribution is 5.86. The normalized spacial score (nSPS) is 9.69. The third kappa shape index (κ3) is 2.43. The van der Waals surface area contributed by atoms with Crippen molar-refractivity contribution in [3.63, 3.8) is 0 Å². The molecule has 0 aliphatic heterocycles. The molecule has 0 atom stereocenters. The Morgan fingerprint density at radius 1 is 1.85 bits per heavy atom. The van der Waals surface area contributed by atoms with Crippen LogP contribution in [0.4, 0.5) is 0 Å². The minimum atomic E-state index is -0.164. The van der Waals surface area contributed by atoms with E-state index in [9.17, 15) is 4.79 Å². The molecule has 0 saturated heterocycles. The van der Waals surface area contributed by atoms with Crippen molar-refractivity contribution >= 4 is 5.91 Å². The summed E-state index contributed by atoms with van der Waals surface area (Å²) in [6.07, 6.45) is 3.14. The molecule has 0 radical (unpaired) electrons. The molecule has 1 amide bonds. The molecule has 1 aromatic heterocycles. The highest BCUT2D eigenvalue weighted by atomic mass is 16.1. The van der Waals surface area contributed by atoms with Gasteiger partial charge in [0.05, 0.1) is 5.69 Å². The zero-order valence-corrected chi connectivity index (χ0v) is 7.87. The number of hydrogen-bond donors (Lipinski definition) is 1. The molecular weight excluding hydrogens is 166 g/mol. The summed E-state index contributed by atoms with van der Waals surface area (Å²) in [6, 6.07) is 0. The Morgan fingerprint density at radius 2 is 2.54 bits per heavy atom. The zero-order chi connectivity index (χ0) is 9.84. The Morgan fingerprint density at radius 3 is 3.00 bits per heavy atom. The summed E-state index contributed by atoms with van der Waals surface area (Å²) >= 11 is 0. The van der Waals surface area contributed by atoms with Crippen molar-refractivity contribution in [2.75, 3.05) is 0 Å². The molecule has 70 valence electrons. The summed E-state index contributed by atoms with van der Waals surface area (Å²) in [7, 11) is 1.85. The zero-order valence-electron chi connectivity index (χ0n) is 7.87. The van der Waals surface area contributed by atoms with E-state index in [4.69, 9.17) is 0 Å². The fourth-order valence-electron chi connectivity index (χ4n) is 1.08. The number of aryl methyl sites for hydroxylation is 2. The SMILES string of the molecule is C=CC(=O)NCc1cn(C)nc1C. The average molecular weight is 179 g/mol. The fraction of sp³-hybridized carbons (Fsp3) is 0.333. The van der Waals surface area contributed by atoms with E-state index in [2.05, 4.69) is 17.0 Å². The molecule has 0 aliphatic rings. The maximum Gasteiger partial charge on any atom is 0.243 e. The van der Waals surface area contributed by atoms with Gasteiger partial charge in [0.1, 0.15) is 0 Å². The van der Waals surface area contributed by atoms with Crippen molar-refractivity contribution in [2.45, 2.75) is 13.5 Å². The van der Waals surface area contributed by atoms with E-state index in [-0.39, 0.29) is 5.91 Å². The van der Waals surface area contributed by atoms with Crippen LogP contribution in [0.3, 0.4) is 0 Å². The van der Waals surface area contributed by atoms with Crippen LogP contribution in [0.25, 0.3) is 0 Å². The average Bonchev–Trinajstić information content (AvgIpc) is 2.41. The summed E-state index contributed by atoms with van der Waals surface area (Å²) in [5.41, 5.74) is 1.96. The topological polar surface area (TPSA) is 46.9 Å². The highest BCUT2D eigenvalue weighted by Crippen LogP contribution is 2.03. The van der Waals surface area contributed by atoms with Gasteiger partial charge in [-0.1, -0.05) is 6.58 Å². The minimum Gasteiger partial charge on any atom is -0.348 e. The molecule has 4 nitrogen and oxygen atoms in total. The number of amides is 1. The first-order chi connectivity index (χ1) is 6.13. The Balaban J connectivity index is 2.59. The molecule has 1 N–H and O–H groups in total. The van der Waals surface area contributed by atoms with Gasteiger partial charge in [0, 0.05) is 25.4 Å². The summed E-state index contributed by atoms with van der Waals surface area (Å²) in [6.45, 7) is 5.78. The van der Waals surface area contributed by atoms with Crippen molar-refractivity contribution in [2.24, 2.45) is 7.05 Å². The monoisotopic (exact) mass is 179 g/mol. The molecule has 1 rings (SSSR count). The van der Waals surface area contributed by atoms with Crippen LogP contribution in [-0.4, -0.2) is 15.7 Å². The molecule has 0 aromatic carbocycles. The molecular formula is C9H13N3O. The van der Waals surface area contributed by atoms with Crippen molar-refractivity contribution in [1.29, 1.82) is 0 Å². The second-order valence-electron chi connectivity index (χ2n) is 2.84. The van der Waals surface area contributed by atoms with Gasteiger partial charge >= 0.3 is 0 Å². The van der Waals surface area contributed by atoms with Gasteiger partial charge in [-0.25, -0.2) is 0 Å². The van der Waals surface area contributed by atoms with E-state index in [0.29, 0.717) is 6.54 Å². The third-order valence-corrected chi connectivity index (χ3v) is 1.75. The maximum atomic E-state index is 10.8. The second-order valence-corrected chi connectivity index (χ2v) is 2.84. The third-order valence-electron chi connectivity index (χ3n) is 1.75. The maximum absolute atomic E-state index is 10.8. The predicted molar refractivity (Wildman–Crippen MR) is 50.0 cm³/mol. The Kier molecular flexibility index (Phi) is 2.84. The van der Waals surface area contributed by atoms with E-state index in [0.717, 1.165) is 11.3 Å². The molecule has 4 heteroatoms. The smallest absolute Gasteiger partial charge is 0.243 e. The first-order valence-electron chi connectivity index (χ1n) is 4.03. The van der Waals surface area contributed by atoms with Crippen molar-refractivity contribution in [1.82, 2.24) is 15.1 Å². The van der Waals surface area contributed by atoms with Crippen LogP contribution < -0.4 is 5.32 Å². The van der Waals surface area contributed by atoms with Crippen LogP contribution in [-0.2, 0) is 18.4 Å². The Bertz CT molecular complexity index is 328. The second kappa shape index (κ2) is 3.89. The summed E-state index contributed by atoms with van der Waals surface area (Å²) in [4.78, 5) is 10.8.